The molecule has 0 radical (unpaired) electrons. The van der Waals surface area contributed by atoms with E-state index in [2.05, 4.69) is 22.1 Å². The largest absolute Gasteiger partial charge is 0.480 e. The van der Waals surface area contributed by atoms with Crippen LogP contribution in [-0.2, 0) is 28.7 Å². The summed E-state index contributed by atoms with van der Waals surface area (Å²) in [6.45, 7) is 0.548. The molecule has 0 heterocycles. The van der Waals surface area contributed by atoms with Gasteiger partial charge >= 0.3 is 23.9 Å². The van der Waals surface area contributed by atoms with E-state index in [0.717, 1.165) is 0 Å². The van der Waals surface area contributed by atoms with Crippen LogP contribution in [-0.4, -0.2) is 77.2 Å². The van der Waals surface area contributed by atoms with Crippen molar-refractivity contribution in [1.29, 1.82) is 0 Å². The number of hydrogen-bond donors (Lipinski definition) is 7. The molecular formula is C12H24N4O8S. The van der Waals surface area contributed by atoms with E-state index in [1.807, 2.05) is 0 Å². The number of aliphatic carboxylic acids is 1. The molecule has 0 aliphatic carbocycles. The second kappa shape index (κ2) is 13.5. The molecule has 0 spiro atoms. The van der Waals surface area contributed by atoms with Crippen LogP contribution < -0.4 is 22.9 Å². The summed E-state index contributed by atoms with van der Waals surface area (Å²) in [6, 6.07) is -3.26. The minimum Gasteiger partial charge on any atom is -0.480 e. The summed E-state index contributed by atoms with van der Waals surface area (Å²) in [5, 5.41) is 17.1. The Hall–Kier alpha value is -1.77. The van der Waals surface area contributed by atoms with E-state index < -0.39 is 54.7 Å². The van der Waals surface area contributed by atoms with Gasteiger partial charge in [0.05, 0.1) is 12.6 Å². The number of carbonyl (C=O) groups excluding carboxylic acids is 3. The van der Waals surface area contributed by atoms with Crippen molar-refractivity contribution >= 4 is 36.5 Å². The Labute approximate surface area is 149 Å². The number of aliphatic hydroxyl groups excluding tert-OH is 1. The molecule has 0 aliphatic rings. The number of esters is 3. The van der Waals surface area contributed by atoms with Crippen molar-refractivity contribution in [2.24, 2.45) is 22.9 Å². The monoisotopic (exact) mass is 384 g/mol. The lowest BCUT2D eigenvalue weighted by Crippen LogP contribution is -2.42. The molecule has 13 heteroatoms. The maximum absolute atomic E-state index is 10.9. The van der Waals surface area contributed by atoms with E-state index in [1.54, 1.807) is 0 Å². The van der Waals surface area contributed by atoms with Crippen LogP contribution in [0.25, 0.3) is 0 Å². The number of hydrogen-bond acceptors (Lipinski definition) is 12. The number of nitrogens with two attached hydrogens (primary N) is 4. The highest BCUT2D eigenvalue weighted by Crippen LogP contribution is 1.92. The SMILES string of the molecule is C[C@@H](O)[C@H](N)C(=O)OC(=O)CN.N[C@@H](COC(=O)[C@@H](N)CS)C(=O)O. The van der Waals surface area contributed by atoms with Crippen LogP contribution >= 0.6 is 12.6 Å². The summed E-state index contributed by atoms with van der Waals surface area (Å²) < 4.78 is 8.63. The third-order valence-electron chi connectivity index (χ3n) is 2.39. The fourth-order valence-corrected chi connectivity index (χ4v) is 0.993. The predicted octanol–water partition coefficient (Wildman–Crippen LogP) is -4.08. The van der Waals surface area contributed by atoms with E-state index >= 15 is 0 Å². The third-order valence-corrected chi connectivity index (χ3v) is 2.79. The van der Waals surface area contributed by atoms with Gasteiger partial charge in [-0.25, -0.2) is 4.79 Å². The molecule has 0 rings (SSSR count). The highest BCUT2D eigenvalue weighted by atomic mass is 32.1. The minimum atomic E-state index is -1.23. The van der Waals surface area contributed by atoms with Crippen molar-refractivity contribution in [3.05, 3.63) is 0 Å². The van der Waals surface area contributed by atoms with Gasteiger partial charge in [0.2, 0.25) is 0 Å². The lowest BCUT2D eigenvalue weighted by molar-refractivity contribution is -0.161. The van der Waals surface area contributed by atoms with E-state index in [0.29, 0.717) is 0 Å². The Balaban J connectivity index is 0. The normalized spacial score (nSPS) is 14.8. The summed E-state index contributed by atoms with van der Waals surface area (Å²) in [5.41, 5.74) is 20.3. The first-order valence-corrected chi connectivity index (χ1v) is 7.50. The number of aliphatic hydroxyl groups is 1. The van der Waals surface area contributed by atoms with Crippen molar-refractivity contribution in [3.8, 4) is 0 Å². The van der Waals surface area contributed by atoms with Gasteiger partial charge in [-0.15, -0.1) is 0 Å². The zero-order valence-electron chi connectivity index (χ0n) is 13.5. The summed E-state index contributed by atoms with van der Waals surface area (Å²) >= 11 is 3.77. The second-order valence-electron chi connectivity index (χ2n) is 4.63. The molecule has 0 saturated heterocycles. The van der Waals surface area contributed by atoms with Crippen molar-refractivity contribution < 1.29 is 38.9 Å². The molecule has 0 amide bonds. The van der Waals surface area contributed by atoms with E-state index in [-0.39, 0.29) is 12.4 Å². The average Bonchev–Trinajstić information content (AvgIpc) is 2.57. The lowest BCUT2D eigenvalue weighted by atomic mass is 10.2. The molecule has 0 bridgehead atoms. The molecule has 146 valence electrons. The van der Waals surface area contributed by atoms with Gasteiger partial charge < -0.3 is 42.6 Å². The first-order valence-electron chi connectivity index (χ1n) is 6.87. The standard InChI is InChI=1S/C6H12N2O4S.C6H12N2O4/c7-3(5(9)10)1-12-6(11)4(8)2-13;1-3(9)5(8)6(11)12-4(10)2-7/h3-4,13H,1-2,7-8H2,(H,9,10);3,5,9H,2,7-8H2,1H3/t3-,4-;3-,5+/m01/s1. The highest BCUT2D eigenvalue weighted by Gasteiger charge is 2.22. The molecule has 0 aliphatic heterocycles. The Morgan fingerprint density at radius 3 is 1.96 bits per heavy atom. The predicted molar refractivity (Wildman–Crippen MR) is 88.2 cm³/mol. The fraction of sp³-hybridized carbons (Fsp3) is 0.667. The molecule has 25 heavy (non-hydrogen) atoms. The maximum Gasteiger partial charge on any atom is 0.333 e. The summed E-state index contributed by atoms with van der Waals surface area (Å²) in [5.74, 6) is -3.63. The van der Waals surface area contributed by atoms with Gasteiger partial charge in [-0.2, -0.15) is 12.6 Å². The zero-order valence-corrected chi connectivity index (χ0v) is 14.4. The number of carboxylic acid groups (broad SMARTS) is 1. The summed E-state index contributed by atoms with van der Waals surface area (Å²) in [7, 11) is 0. The van der Waals surface area contributed by atoms with E-state index in [9.17, 15) is 19.2 Å². The Bertz CT molecular complexity index is 462. The molecule has 0 aromatic carbocycles. The Kier molecular flexibility index (Phi) is 13.8. The van der Waals surface area contributed by atoms with Gasteiger partial charge in [-0.3, -0.25) is 14.4 Å². The van der Waals surface area contributed by atoms with Crippen LogP contribution in [0.15, 0.2) is 0 Å². The van der Waals surface area contributed by atoms with Gasteiger partial charge in [-0.1, -0.05) is 0 Å². The number of carbonyl (C=O) groups is 4. The van der Waals surface area contributed by atoms with Crippen molar-refractivity contribution in [3.63, 3.8) is 0 Å². The summed E-state index contributed by atoms with van der Waals surface area (Å²) in [4.78, 5) is 42.3. The molecule has 10 N–H and O–H groups in total. The van der Waals surface area contributed by atoms with Gasteiger partial charge in [0.25, 0.3) is 0 Å². The smallest absolute Gasteiger partial charge is 0.333 e. The topological polar surface area (TPSA) is 231 Å². The average molecular weight is 384 g/mol. The summed E-state index contributed by atoms with van der Waals surface area (Å²) in [6.07, 6.45) is -1.05. The van der Waals surface area contributed by atoms with Crippen LogP contribution in [0.3, 0.4) is 0 Å². The lowest BCUT2D eigenvalue weighted by Gasteiger charge is -2.11. The number of thiol groups is 1. The molecular weight excluding hydrogens is 360 g/mol. The van der Waals surface area contributed by atoms with Crippen LogP contribution in [0.5, 0.6) is 0 Å². The van der Waals surface area contributed by atoms with Gasteiger partial charge in [0, 0.05) is 5.75 Å². The molecule has 0 saturated carbocycles. The molecule has 0 unspecified atom stereocenters. The molecule has 0 aromatic heterocycles. The van der Waals surface area contributed by atoms with Crippen molar-refractivity contribution in [2.75, 3.05) is 18.9 Å². The number of ether oxygens (including phenoxy) is 2. The van der Waals surface area contributed by atoms with Crippen LogP contribution in [0.2, 0.25) is 0 Å². The van der Waals surface area contributed by atoms with E-state index in [4.69, 9.17) is 33.1 Å². The quantitative estimate of drug-likeness (QED) is 0.120. The Morgan fingerprint density at radius 1 is 1.08 bits per heavy atom. The van der Waals surface area contributed by atoms with Crippen LogP contribution in [0.4, 0.5) is 0 Å². The fourth-order valence-electron chi connectivity index (χ4n) is 0.844. The second-order valence-corrected chi connectivity index (χ2v) is 4.99. The molecule has 4 atom stereocenters. The van der Waals surface area contributed by atoms with Crippen LogP contribution in [0.1, 0.15) is 6.92 Å². The van der Waals surface area contributed by atoms with Crippen molar-refractivity contribution in [1.82, 2.24) is 0 Å². The first-order chi connectivity index (χ1) is 11.5. The molecule has 0 aromatic rings. The third kappa shape index (κ3) is 12.3. The molecule has 0 fully saturated rings. The van der Waals surface area contributed by atoms with E-state index in [1.165, 1.54) is 6.92 Å². The van der Waals surface area contributed by atoms with Gasteiger partial charge in [-0.05, 0) is 6.92 Å². The highest BCUT2D eigenvalue weighted by molar-refractivity contribution is 7.80. The van der Waals surface area contributed by atoms with Crippen molar-refractivity contribution in [2.45, 2.75) is 31.2 Å². The Morgan fingerprint density at radius 2 is 1.60 bits per heavy atom. The number of carboxylic acids is 1. The van der Waals surface area contributed by atoms with Gasteiger partial charge in [0.15, 0.2) is 0 Å². The number of rotatable bonds is 8. The zero-order chi connectivity index (χ0) is 20.2. The minimum absolute atomic E-state index is 0.140. The van der Waals surface area contributed by atoms with Crippen LogP contribution in [0, 0.1) is 0 Å². The van der Waals surface area contributed by atoms with Gasteiger partial charge in [0.1, 0.15) is 24.7 Å². The maximum atomic E-state index is 10.9. The first kappa shape index (κ1) is 25.5. The molecule has 12 nitrogen and oxygen atoms in total.